The molecular formula is C20H31N3O6. The van der Waals surface area contributed by atoms with Crippen LogP contribution < -0.4 is 5.32 Å². The van der Waals surface area contributed by atoms with Crippen molar-refractivity contribution in [3.63, 3.8) is 0 Å². The Morgan fingerprint density at radius 2 is 1.66 bits per heavy atom. The number of nitrogens with one attached hydrogen (secondary N) is 1. The SMILES string of the molecule is C[C@@H](C(=O)OCC(=O)N(C)CC(=O)NC(C)(C)C)N1C(=O)C2CCCCC2C1=O. The molecular weight excluding hydrogens is 378 g/mol. The van der Waals surface area contributed by atoms with Crippen LogP contribution in [0.15, 0.2) is 0 Å². The summed E-state index contributed by atoms with van der Waals surface area (Å²) in [5.41, 5.74) is -0.422. The van der Waals surface area contributed by atoms with E-state index in [4.69, 9.17) is 4.74 Å². The first-order chi connectivity index (χ1) is 13.4. The van der Waals surface area contributed by atoms with Crippen LogP contribution in [0.1, 0.15) is 53.4 Å². The van der Waals surface area contributed by atoms with E-state index in [1.54, 1.807) is 0 Å². The van der Waals surface area contributed by atoms with Gasteiger partial charge in [-0.3, -0.25) is 24.1 Å². The number of rotatable bonds is 6. The summed E-state index contributed by atoms with van der Waals surface area (Å²) in [7, 11) is 1.43. The van der Waals surface area contributed by atoms with E-state index in [0.717, 1.165) is 22.6 Å². The summed E-state index contributed by atoms with van der Waals surface area (Å²) >= 11 is 0. The summed E-state index contributed by atoms with van der Waals surface area (Å²) in [6.45, 7) is 6.18. The molecule has 0 radical (unpaired) electrons. The number of esters is 1. The first kappa shape index (κ1) is 22.8. The monoisotopic (exact) mass is 409 g/mol. The highest BCUT2D eigenvalue weighted by molar-refractivity contribution is 6.07. The molecule has 2 aliphatic rings. The van der Waals surface area contributed by atoms with E-state index in [1.807, 2.05) is 20.8 Å². The third kappa shape index (κ3) is 5.55. The highest BCUT2D eigenvalue weighted by atomic mass is 16.5. The number of hydrogen-bond donors (Lipinski definition) is 1. The van der Waals surface area contributed by atoms with Crippen LogP contribution in [0.3, 0.4) is 0 Å². The summed E-state index contributed by atoms with van der Waals surface area (Å²) in [5.74, 6) is -3.04. The van der Waals surface area contributed by atoms with Gasteiger partial charge < -0.3 is 15.0 Å². The summed E-state index contributed by atoms with van der Waals surface area (Å²) in [4.78, 5) is 63.6. The zero-order valence-electron chi connectivity index (χ0n) is 17.8. The van der Waals surface area contributed by atoms with Crippen LogP contribution in [-0.2, 0) is 28.7 Å². The molecule has 29 heavy (non-hydrogen) atoms. The Balaban J connectivity index is 1.86. The van der Waals surface area contributed by atoms with Gasteiger partial charge in [0.15, 0.2) is 6.61 Å². The molecule has 162 valence electrons. The van der Waals surface area contributed by atoms with Gasteiger partial charge in [-0.1, -0.05) is 12.8 Å². The number of imide groups is 1. The van der Waals surface area contributed by atoms with Crippen molar-refractivity contribution in [2.75, 3.05) is 20.2 Å². The third-order valence-corrected chi connectivity index (χ3v) is 5.26. The van der Waals surface area contributed by atoms with Gasteiger partial charge in [0.2, 0.25) is 17.7 Å². The molecule has 2 fully saturated rings. The molecule has 1 heterocycles. The number of ether oxygens (including phenoxy) is 1. The molecule has 1 aliphatic carbocycles. The molecule has 1 N–H and O–H groups in total. The second kappa shape index (κ2) is 8.92. The molecule has 0 spiro atoms. The van der Waals surface area contributed by atoms with Crippen LogP contribution in [0.25, 0.3) is 0 Å². The lowest BCUT2D eigenvalue weighted by Crippen LogP contribution is -2.47. The largest absolute Gasteiger partial charge is 0.454 e. The van der Waals surface area contributed by atoms with Crippen LogP contribution in [0, 0.1) is 11.8 Å². The smallest absolute Gasteiger partial charge is 0.329 e. The van der Waals surface area contributed by atoms with Crippen molar-refractivity contribution in [3.05, 3.63) is 0 Å². The standard InChI is InChI=1S/C20H31N3O6/c1-12(23-17(26)13-8-6-7-9-14(13)18(23)27)19(28)29-11-16(25)22(5)10-15(24)21-20(2,3)4/h12-14H,6-11H2,1-5H3,(H,21,24)/t12-,13?,14?/m0/s1. The molecule has 0 bridgehead atoms. The maximum atomic E-state index is 12.6. The molecule has 1 saturated heterocycles. The Kier molecular flexibility index (Phi) is 7.02. The van der Waals surface area contributed by atoms with Gasteiger partial charge in [0, 0.05) is 12.6 Å². The fourth-order valence-electron chi connectivity index (χ4n) is 3.80. The van der Waals surface area contributed by atoms with Crippen LogP contribution in [0.5, 0.6) is 0 Å². The zero-order valence-corrected chi connectivity index (χ0v) is 17.8. The summed E-state index contributed by atoms with van der Waals surface area (Å²) < 4.78 is 5.02. The van der Waals surface area contributed by atoms with Crippen LogP contribution in [0.4, 0.5) is 0 Å². The van der Waals surface area contributed by atoms with Gasteiger partial charge in [-0.25, -0.2) is 4.79 Å². The number of nitrogens with zero attached hydrogens (tertiary/aromatic N) is 2. The van der Waals surface area contributed by atoms with Crippen LogP contribution >= 0.6 is 0 Å². The Labute approximate surface area is 171 Å². The van der Waals surface area contributed by atoms with Gasteiger partial charge in [-0.2, -0.15) is 0 Å². The summed E-state index contributed by atoms with van der Waals surface area (Å²) in [5, 5.41) is 2.74. The van der Waals surface area contributed by atoms with Crippen molar-refractivity contribution in [3.8, 4) is 0 Å². The molecule has 0 aromatic rings. The first-order valence-corrected chi connectivity index (χ1v) is 10.0. The predicted molar refractivity (Wildman–Crippen MR) is 103 cm³/mol. The second-order valence-corrected chi connectivity index (χ2v) is 8.88. The minimum absolute atomic E-state index is 0.171. The van der Waals surface area contributed by atoms with Crippen LogP contribution in [-0.4, -0.2) is 71.2 Å². The normalized spacial score (nSPS) is 22.7. The van der Waals surface area contributed by atoms with E-state index in [2.05, 4.69) is 5.32 Å². The molecule has 3 atom stereocenters. The number of fused-ring (bicyclic) bond motifs is 1. The van der Waals surface area contributed by atoms with E-state index in [0.29, 0.717) is 12.8 Å². The minimum atomic E-state index is -1.08. The van der Waals surface area contributed by atoms with Crippen molar-refractivity contribution in [2.24, 2.45) is 11.8 Å². The first-order valence-electron chi connectivity index (χ1n) is 10.0. The van der Waals surface area contributed by atoms with Crippen LogP contribution in [0.2, 0.25) is 0 Å². The quantitative estimate of drug-likeness (QED) is 0.504. The van der Waals surface area contributed by atoms with Gasteiger partial charge in [-0.05, 0) is 40.5 Å². The molecule has 9 heteroatoms. The van der Waals surface area contributed by atoms with E-state index in [9.17, 15) is 24.0 Å². The number of likely N-dealkylation sites (N-methyl/N-ethyl adjacent to an activating group) is 1. The third-order valence-electron chi connectivity index (χ3n) is 5.26. The molecule has 0 aromatic heterocycles. The highest BCUT2D eigenvalue weighted by Gasteiger charge is 2.51. The maximum Gasteiger partial charge on any atom is 0.329 e. The Bertz CT molecular complexity index is 675. The minimum Gasteiger partial charge on any atom is -0.454 e. The van der Waals surface area contributed by atoms with Crippen molar-refractivity contribution >= 4 is 29.6 Å². The fourth-order valence-corrected chi connectivity index (χ4v) is 3.80. The topological polar surface area (TPSA) is 113 Å². The number of hydrogen-bond acceptors (Lipinski definition) is 6. The maximum absolute atomic E-state index is 12.6. The number of carbonyl (C=O) groups is 5. The van der Waals surface area contributed by atoms with E-state index in [1.165, 1.54) is 14.0 Å². The van der Waals surface area contributed by atoms with E-state index < -0.39 is 30.1 Å². The molecule has 1 aliphatic heterocycles. The van der Waals surface area contributed by atoms with Crippen molar-refractivity contribution in [2.45, 2.75) is 65.0 Å². The Morgan fingerprint density at radius 3 is 2.14 bits per heavy atom. The number of likely N-dealkylation sites (tertiary alicyclic amines) is 1. The van der Waals surface area contributed by atoms with Crippen molar-refractivity contribution in [1.82, 2.24) is 15.1 Å². The summed E-state index contributed by atoms with van der Waals surface area (Å²) in [6, 6.07) is -1.08. The molecule has 0 aromatic carbocycles. The Morgan fingerprint density at radius 1 is 1.14 bits per heavy atom. The fraction of sp³-hybridized carbons (Fsp3) is 0.750. The lowest BCUT2D eigenvalue weighted by Gasteiger charge is -2.24. The Hall–Kier alpha value is -2.45. The highest BCUT2D eigenvalue weighted by Crippen LogP contribution is 2.38. The van der Waals surface area contributed by atoms with Gasteiger partial charge in [0.25, 0.3) is 5.91 Å². The lowest BCUT2D eigenvalue weighted by molar-refractivity contribution is -0.161. The van der Waals surface area contributed by atoms with Gasteiger partial charge >= 0.3 is 5.97 Å². The molecule has 4 amide bonds. The molecule has 2 unspecified atom stereocenters. The molecule has 1 saturated carbocycles. The van der Waals surface area contributed by atoms with Gasteiger partial charge in [-0.15, -0.1) is 0 Å². The van der Waals surface area contributed by atoms with E-state index >= 15 is 0 Å². The summed E-state index contributed by atoms with van der Waals surface area (Å²) in [6.07, 6.45) is 3.12. The predicted octanol–water partition coefficient (Wildman–Crippen LogP) is 0.466. The molecule has 9 nitrogen and oxygen atoms in total. The zero-order chi connectivity index (χ0) is 21.9. The van der Waals surface area contributed by atoms with Gasteiger partial charge in [0.1, 0.15) is 6.04 Å². The van der Waals surface area contributed by atoms with Gasteiger partial charge in [0.05, 0.1) is 18.4 Å². The van der Waals surface area contributed by atoms with Crippen molar-refractivity contribution in [1.29, 1.82) is 0 Å². The average molecular weight is 409 g/mol. The van der Waals surface area contributed by atoms with Crippen molar-refractivity contribution < 1.29 is 28.7 Å². The number of amides is 4. The lowest BCUT2D eigenvalue weighted by atomic mass is 9.81. The average Bonchev–Trinajstić information content (AvgIpc) is 2.88. The number of carbonyl (C=O) groups excluding carboxylic acids is 5. The van der Waals surface area contributed by atoms with E-state index in [-0.39, 0.29) is 36.1 Å². The molecule has 2 rings (SSSR count). The second-order valence-electron chi connectivity index (χ2n) is 8.88.